The van der Waals surface area contributed by atoms with Gasteiger partial charge in [0.25, 0.3) is 0 Å². The topological polar surface area (TPSA) is 70.1 Å². The molecule has 5 nitrogen and oxygen atoms in total. The van der Waals surface area contributed by atoms with Crippen LogP contribution in [-0.2, 0) is 11.8 Å². The van der Waals surface area contributed by atoms with Crippen LogP contribution in [0.4, 0.5) is 5.69 Å². The summed E-state index contributed by atoms with van der Waals surface area (Å²) in [6, 6.07) is 0. The normalized spacial score (nSPS) is 10.8. The Labute approximate surface area is 95.6 Å². The summed E-state index contributed by atoms with van der Waals surface area (Å²) in [5.41, 5.74) is 6.29. The van der Waals surface area contributed by atoms with Gasteiger partial charge in [-0.15, -0.1) is 0 Å². The SMILES string of the molecule is CC(C)CCCOC(=O)c1c(N)cnn1C. The van der Waals surface area contributed by atoms with E-state index in [2.05, 4.69) is 18.9 Å². The summed E-state index contributed by atoms with van der Waals surface area (Å²) in [6.45, 7) is 4.71. The van der Waals surface area contributed by atoms with E-state index in [9.17, 15) is 4.79 Å². The number of nitrogens with two attached hydrogens (primary N) is 1. The highest BCUT2D eigenvalue weighted by Crippen LogP contribution is 2.11. The molecule has 0 fully saturated rings. The molecular weight excluding hydrogens is 206 g/mol. The second-order valence-corrected chi connectivity index (χ2v) is 4.24. The molecule has 0 aliphatic rings. The Hall–Kier alpha value is -1.52. The van der Waals surface area contributed by atoms with E-state index in [1.807, 2.05) is 0 Å². The molecule has 2 N–H and O–H groups in total. The van der Waals surface area contributed by atoms with E-state index < -0.39 is 5.97 Å². The number of carbonyl (C=O) groups is 1. The van der Waals surface area contributed by atoms with Gasteiger partial charge in [0, 0.05) is 7.05 Å². The third kappa shape index (κ3) is 3.25. The number of anilines is 1. The summed E-state index contributed by atoms with van der Waals surface area (Å²) < 4.78 is 6.55. The van der Waals surface area contributed by atoms with E-state index in [1.54, 1.807) is 7.05 Å². The third-order valence-electron chi connectivity index (χ3n) is 2.32. The zero-order valence-corrected chi connectivity index (χ0v) is 10.1. The number of rotatable bonds is 5. The van der Waals surface area contributed by atoms with Crippen LogP contribution < -0.4 is 5.73 Å². The fourth-order valence-electron chi connectivity index (χ4n) is 1.43. The Morgan fingerprint density at radius 3 is 2.81 bits per heavy atom. The molecule has 0 saturated carbocycles. The molecular formula is C11H19N3O2. The summed E-state index contributed by atoms with van der Waals surface area (Å²) in [5, 5.41) is 3.88. The summed E-state index contributed by atoms with van der Waals surface area (Å²) in [7, 11) is 1.67. The summed E-state index contributed by atoms with van der Waals surface area (Å²) in [5.74, 6) is 0.224. The molecule has 1 aromatic heterocycles. The van der Waals surface area contributed by atoms with E-state index in [-0.39, 0.29) is 0 Å². The van der Waals surface area contributed by atoms with Crippen LogP contribution in [-0.4, -0.2) is 22.4 Å². The Kier molecular flexibility index (Phi) is 4.34. The maximum atomic E-state index is 11.6. The Bertz CT molecular complexity index is 339. The van der Waals surface area contributed by atoms with Gasteiger partial charge in [-0.05, 0) is 18.8 Å². The third-order valence-corrected chi connectivity index (χ3v) is 2.32. The molecule has 1 rings (SSSR count). The standard InChI is InChI=1S/C11H19N3O2/c1-8(2)5-4-6-16-11(15)10-9(12)7-13-14(10)3/h7-8H,4-6,12H2,1-3H3. The minimum Gasteiger partial charge on any atom is -0.461 e. The van der Waals surface area contributed by atoms with Gasteiger partial charge in [-0.3, -0.25) is 4.68 Å². The lowest BCUT2D eigenvalue weighted by Gasteiger charge is -2.07. The molecule has 0 aromatic carbocycles. The van der Waals surface area contributed by atoms with Gasteiger partial charge in [0.15, 0.2) is 5.69 Å². The highest BCUT2D eigenvalue weighted by atomic mass is 16.5. The number of aromatic nitrogens is 2. The minimum absolute atomic E-state index is 0.324. The largest absolute Gasteiger partial charge is 0.461 e. The minimum atomic E-state index is -0.402. The van der Waals surface area contributed by atoms with Crippen LogP contribution in [0, 0.1) is 5.92 Å². The van der Waals surface area contributed by atoms with Crippen molar-refractivity contribution in [1.82, 2.24) is 9.78 Å². The van der Waals surface area contributed by atoms with Crippen molar-refractivity contribution in [3.05, 3.63) is 11.9 Å². The average Bonchev–Trinajstić information content (AvgIpc) is 2.53. The van der Waals surface area contributed by atoms with Crippen molar-refractivity contribution in [3.63, 3.8) is 0 Å². The highest BCUT2D eigenvalue weighted by molar-refractivity contribution is 5.92. The van der Waals surface area contributed by atoms with Gasteiger partial charge in [-0.1, -0.05) is 13.8 Å². The van der Waals surface area contributed by atoms with Gasteiger partial charge in [-0.25, -0.2) is 4.79 Å². The first-order valence-electron chi connectivity index (χ1n) is 5.47. The predicted molar refractivity (Wildman–Crippen MR) is 62.0 cm³/mol. The number of ether oxygens (including phenoxy) is 1. The first-order chi connectivity index (χ1) is 7.52. The van der Waals surface area contributed by atoms with Crippen molar-refractivity contribution in [2.24, 2.45) is 13.0 Å². The van der Waals surface area contributed by atoms with Crippen LogP contribution >= 0.6 is 0 Å². The molecule has 0 aliphatic heterocycles. The second kappa shape index (κ2) is 5.53. The number of nitrogen functional groups attached to an aromatic ring is 1. The highest BCUT2D eigenvalue weighted by Gasteiger charge is 2.15. The molecule has 0 saturated heterocycles. The summed E-state index contributed by atoms with van der Waals surface area (Å²) in [4.78, 5) is 11.6. The molecule has 0 radical (unpaired) electrons. The zero-order valence-electron chi connectivity index (χ0n) is 10.1. The lowest BCUT2D eigenvalue weighted by atomic mass is 10.1. The molecule has 1 heterocycles. The van der Waals surface area contributed by atoms with E-state index >= 15 is 0 Å². The van der Waals surface area contributed by atoms with Crippen LogP contribution in [0.3, 0.4) is 0 Å². The van der Waals surface area contributed by atoms with Crippen LogP contribution in [0.15, 0.2) is 6.20 Å². The second-order valence-electron chi connectivity index (χ2n) is 4.24. The van der Waals surface area contributed by atoms with Crippen molar-refractivity contribution < 1.29 is 9.53 Å². The lowest BCUT2D eigenvalue weighted by molar-refractivity contribution is 0.0483. The van der Waals surface area contributed by atoms with Crippen LogP contribution in [0.2, 0.25) is 0 Å². The van der Waals surface area contributed by atoms with Crippen molar-refractivity contribution in [2.45, 2.75) is 26.7 Å². The number of aryl methyl sites for hydroxylation is 1. The summed E-state index contributed by atoms with van der Waals surface area (Å²) >= 11 is 0. The van der Waals surface area contributed by atoms with Crippen molar-refractivity contribution in [3.8, 4) is 0 Å². The molecule has 0 bridgehead atoms. The molecule has 0 amide bonds. The Balaban J connectivity index is 2.41. The van der Waals surface area contributed by atoms with E-state index in [0.29, 0.717) is 23.9 Å². The van der Waals surface area contributed by atoms with Gasteiger partial charge in [0.05, 0.1) is 18.5 Å². The van der Waals surface area contributed by atoms with Crippen molar-refractivity contribution in [2.75, 3.05) is 12.3 Å². The summed E-state index contributed by atoms with van der Waals surface area (Å²) in [6.07, 6.45) is 3.38. The molecule has 90 valence electrons. The van der Waals surface area contributed by atoms with E-state index in [0.717, 1.165) is 12.8 Å². The number of esters is 1. The van der Waals surface area contributed by atoms with Crippen molar-refractivity contribution in [1.29, 1.82) is 0 Å². The van der Waals surface area contributed by atoms with Crippen LogP contribution in [0.1, 0.15) is 37.2 Å². The van der Waals surface area contributed by atoms with Gasteiger partial charge < -0.3 is 10.5 Å². The molecule has 0 spiro atoms. The fourth-order valence-corrected chi connectivity index (χ4v) is 1.43. The van der Waals surface area contributed by atoms with Gasteiger partial charge in [-0.2, -0.15) is 5.10 Å². The quantitative estimate of drug-likeness (QED) is 0.610. The number of nitrogens with zero attached hydrogens (tertiary/aromatic N) is 2. The van der Waals surface area contributed by atoms with E-state index in [4.69, 9.17) is 10.5 Å². The molecule has 1 aromatic rings. The molecule has 0 atom stereocenters. The van der Waals surface area contributed by atoms with E-state index in [1.165, 1.54) is 10.9 Å². The van der Waals surface area contributed by atoms with Gasteiger partial charge in [0.1, 0.15) is 0 Å². The number of carbonyl (C=O) groups excluding carboxylic acids is 1. The fraction of sp³-hybridized carbons (Fsp3) is 0.636. The first-order valence-corrected chi connectivity index (χ1v) is 5.47. The molecule has 0 aliphatic carbocycles. The molecule has 5 heteroatoms. The zero-order chi connectivity index (χ0) is 12.1. The monoisotopic (exact) mass is 225 g/mol. The number of hydrogen-bond acceptors (Lipinski definition) is 4. The molecule has 16 heavy (non-hydrogen) atoms. The smallest absolute Gasteiger partial charge is 0.358 e. The first kappa shape index (κ1) is 12.5. The van der Waals surface area contributed by atoms with Gasteiger partial charge >= 0.3 is 5.97 Å². The van der Waals surface area contributed by atoms with Crippen LogP contribution in [0.25, 0.3) is 0 Å². The van der Waals surface area contributed by atoms with Crippen LogP contribution in [0.5, 0.6) is 0 Å². The average molecular weight is 225 g/mol. The van der Waals surface area contributed by atoms with Gasteiger partial charge in [0.2, 0.25) is 0 Å². The maximum absolute atomic E-state index is 11.6. The predicted octanol–water partition coefficient (Wildman–Crippen LogP) is 1.60. The maximum Gasteiger partial charge on any atom is 0.358 e. The number of hydrogen-bond donors (Lipinski definition) is 1. The van der Waals surface area contributed by atoms with Crippen molar-refractivity contribution >= 4 is 11.7 Å². The lowest BCUT2D eigenvalue weighted by Crippen LogP contribution is -2.13. The Morgan fingerprint density at radius 1 is 1.62 bits per heavy atom. The molecule has 0 unspecified atom stereocenters. The Morgan fingerprint density at radius 2 is 2.31 bits per heavy atom.